The van der Waals surface area contributed by atoms with Crippen LogP contribution >= 0.6 is 0 Å². The third-order valence-electron chi connectivity index (χ3n) is 2.67. The maximum absolute atomic E-state index is 11.6. The molecule has 1 saturated carbocycles. The van der Waals surface area contributed by atoms with Crippen molar-refractivity contribution >= 4 is 16.3 Å². The molecule has 5 heteroatoms. The molecule has 0 unspecified atom stereocenters. The van der Waals surface area contributed by atoms with E-state index in [1.807, 2.05) is 0 Å². The summed E-state index contributed by atoms with van der Waals surface area (Å²) < 4.78 is 25.9. The first kappa shape index (κ1) is 12.6. The number of carbonyl (C=O) groups is 1. The van der Waals surface area contributed by atoms with Crippen LogP contribution in [0.1, 0.15) is 39.0 Å². The van der Waals surface area contributed by atoms with E-state index in [4.69, 9.17) is 0 Å². The highest BCUT2D eigenvalue weighted by Gasteiger charge is 2.21. The van der Waals surface area contributed by atoms with E-state index in [0.717, 1.165) is 25.7 Å². The predicted molar refractivity (Wildman–Crippen MR) is 59.0 cm³/mol. The lowest BCUT2D eigenvalue weighted by Crippen LogP contribution is -2.38. The standard InChI is InChI=1S/C10H19NO3S/c1-9(7-12)8-15(13,14)11-10-5-3-2-4-6-10/h7,9-11H,2-6,8H2,1H3/t9-/m1/s1. The van der Waals surface area contributed by atoms with E-state index in [2.05, 4.69) is 4.72 Å². The van der Waals surface area contributed by atoms with Gasteiger partial charge in [0, 0.05) is 12.0 Å². The van der Waals surface area contributed by atoms with Gasteiger partial charge in [-0.1, -0.05) is 26.2 Å². The Labute approximate surface area is 91.5 Å². The fourth-order valence-electron chi connectivity index (χ4n) is 1.91. The van der Waals surface area contributed by atoms with Crippen molar-refractivity contribution in [3.63, 3.8) is 0 Å². The third-order valence-corrected chi connectivity index (χ3v) is 4.32. The summed E-state index contributed by atoms with van der Waals surface area (Å²) in [6.45, 7) is 1.62. The summed E-state index contributed by atoms with van der Waals surface area (Å²) in [7, 11) is -3.27. The van der Waals surface area contributed by atoms with E-state index in [-0.39, 0.29) is 11.8 Å². The van der Waals surface area contributed by atoms with Crippen LogP contribution < -0.4 is 4.72 Å². The van der Waals surface area contributed by atoms with Crippen molar-refractivity contribution in [2.45, 2.75) is 45.1 Å². The predicted octanol–water partition coefficient (Wildman–Crippen LogP) is 1.07. The highest BCUT2D eigenvalue weighted by atomic mass is 32.2. The number of sulfonamides is 1. The molecule has 88 valence electrons. The lowest BCUT2D eigenvalue weighted by atomic mass is 9.96. The van der Waals surface area contributed by atoms with Gasteiger partial charge in [-0.2, -0.15) is 0 Å². The maximum Gasteiger partial charge on any atom is 0.212 e. The molecule has 1 atom stereocenters. The van der Waals surface area contributed by atoms with Crippen molar-refractivity contribution in [1.82, 2.24) is 4.72 Å². The van der Waals surface area contributed by atoms with Crippen LogP contribution in [-0.4, -0.2) is 26.5 Å². The molecule has 0 bridgehead atoms. The molecule has 1 aliphatic carbocycles. The summed E-state index contributed by atoms with van der Waals surface area (Å²) in [5, 5.41) is 0. The number of hydrogen-bond donors (Lipinski definition) is 1. The van der Waals surface area contributed by atoms with E-state index in [0.29, 0.717) is 6.29 Å². The molecule has 0 amide bonds. The van der Waals surface area contributed by atoms with Crippen LogP contribution in [0.5, 0.6) is 0 Å². The Morgan fingerprint density at radius 1 is 1.33 bits per heavy atom. The fourth-order valence-corrected chi connectivity index (χ4v) is 3.52. The zero-order valence-corrected chi connectivity index (χ0v) is 9.92. The van der Waals surface area contributed by atoms with Crippen molar-refractivity contribution < 1.29 is 13.2 Å². The number of carbonyl (C=O) groups excluding carboxylic acids is 1. The van der Waals surface area contributed by atoms with Gasteiger partial charge >= 0.3 is 0 Å². The summed E-state index contributed by atoms with van der Waals surface area (Å²) in [6, 6.07) is 0.0857. The van der Waals surface area contributed by atoms with Crippen molar-refractivity contribution in [3.05, 3.63) is 0 Å². The second-order valence-corrected chi connectivity index (χ2v) is 6.15. The van der Waals surface area contributed by atoms with Gasteiger partial charge in [-0.3, -0.25) is 0 Å². The first-order valence-corrected chi connectivity index (χ1v) is 7.14. The summed E-state index contributed by atoms with van der Waals surface area (Å²) >= 11 is 0. The van der Waals surface area contributed by atoms with Gasteiger partial charge in [0.2, 0.25) is 10.0 Å². The highest BCUT2D eigenvalue weighted by Crippen LogP contribution is 2.18. The van der Waals surface area contributed by atoms with E-state index in [1.165, 1.54) is 6.42 Å². The largest absolute Gasteiger partial charge is 0.303 e. The topological polar surface area (TPSA) is 63.2 Å². The molecule has 1 fully saturated rings. The molecule has 0 radical (unpaired) electrons. The van der Waals surface area contributed by atoms with Gasteiger partial charge < -0.3 is 4.79 Å². The smallest absolute Gasteiger partial charge is 0.212 e. The minimum absolute atomic E-state index is 0.0857. The Hall–Kier alpha value is -0.420. The normalized spacial score (nSPS) is 21.1. The van der Waals surface area contributed by atoms with E-state index in [1.54, 1.807) is 6.92 Å². The minimum atomic E-state index is -3.27. The quantitative estimate of drug-likeness (QED) is 0.723. The van der Waals surface area contributed by atoms with Crippen LogP contribution in [0.4, 0.5) is 0 Å². The molecule has 15 heavy (non-hydrogen) atoms. The molecule has 0 spiro atoms. The summed E-state index contributed by atoms with van der Waals surface area (Å²) in [4.78, 5) is 10.4. The van der Waals surface area contributed by atoms with Gasteiger partial charge in [-0.05, 0) is 12.8 Å². The van der Waals surface area contributed by atoms with Gasteiger partial charge in [0.15, 0.2) is 0 Å². The second kappa shape index (κ2) is 5.61. The van der Waals surface area contributed by atoms with Crippen LogP contribution in [0.25, 0.3) is 0 Å². The van der Waals surface area contributed by atoms with Crippen LogP contribution in [0, 0.1) is 5.92 Å². The summed E-state index contributed by atoms with van der Waals surface area (Å²) in [5.41, 5.74) is 0. The molecule has 0 aromatic rings. The van der Waals surface area contributed by atoms with Gasteiger partial charge in [0.25, 0.3) is 0 Å². The molecule has 0 aromatic carbocycles. The maximum atomic E-state index is 11.6. The average molecular weight is 233 g/mol. The molecule has 4 nitrogen and oxygen atoms in total. The van der Waals surface area contributed by atoms with Gasteiger partial charge in [0.05, 0.1) is 5.75 Å². The Kier molecular flexibility index (Phi) is 4.73. The molecule has 0 aromatic heterocycles. The van der Waals surface area contributed by atoms with Gasteiger partial charge in [-0.25, -0.2) is 13.1 Å². The van der Waals surface area contributed by atoms with Gasteiger partial charge in [-0.15, -0.1) is 0 Å². The van der Waals surface area contributed by atoms with Crippen molar-refractivity contribution in [2.24, 2.45) is 5.92 Å². The van der Waals surface area contributed by atoms with Crippen LogP contribution in [0.15, 0.2) is 0 Å². The van der Waals surface area contributed by atoms with E-state index >= 15 is 0 Å². The van der Waals surface area contributed by atoms with Gasteiger partial charge in [0.1, 0.15) is 6.29 Å². The monoisotopic (exact) mass is 233 g/mol. The molecular weight excluding hydrogens is 214 g/mol. The first-order valence-electron chi connectivity index (χ1n) is 5.49. The Morgan fingerprint density at radius 3 is 2.47 bits per heavy atom. The van der Waals surface area contributed by atoms with Crippen LogP contribution in [0.3, 0.4) is 0 Å². The third kappa shape index (κ3) is 4.75. The molecule has 0 saturated heterocycles. The zero-order valence-electron chi connectivity index (χ0n) is 9.11. The minimum Gasteiger partial charge on any atom is -0.303 e. The molecule has 1 aliphatic rings. The lowest BCUT2D eigenvalue weighted by Gasteiger charge is -2.22. The highest BCUT2D eigenvalue weighted by molar-refractivity contribution is 7.89. The number of rotatable bonds is 5. The Balaban J connectivity index is 2.44. The van der Waals surface area contributed by atoms with E-state index < -0.39 is 15.9 Å². The molecule has 0 aliphatic heterocycles. The molecular formula is C10H19NO3S. The fraction of sp³-hybridized carbons (Fsp3) is 0.900. The van der Waals surface area contributed by atoms with E-state index in [9.17, 15) is 13.2 Å². The zero-order chi connectivity index (χ0) is 11.3. The molecule has 1 rings (SSSR count). The van der Waals surface area contributed by atoms with Crippen molar-refractivity contribution in [3.8, 4) is 0 Å². The van der Waals surface area contributed by atoms with Crippen molar-refractivity contribution in [2.75, 3.05) is 5.75 Å². The SMILES string of the molecule is C[C@H](C=O)CS(=O)(=O)NC1CCCCC1. The average Bonchev–Trinajstić information content (AvgIpc) is 2.17. The second-order valence-electron chi connectivity index (χ2n) is 4.35. The Bertz CT molecular complexity index is 294. The van der Waals surface area contributed by atoms with Crippen LogP contribution in [-0.2, 0) is 14.8 Å². The first-order chi connectivity index (χ1) is 7.03. The van der Waals surface area contributed by atoms with Crippen molar-refractivity contribution in [1.29, 1.82) is 0 Å². The number of hydrogen-bond acceptors (Lipinski definition) is 3. The number of aldehydes is 1. The molecule has 1 N–H and O–H groups in total. The van der Waals surface area contributed by atoms with Crippen LogP contribution in [0.2, 0.25) is 0 Å². The summed E-state index contributed by atoms with van der Waals surface area (Å²) in [6.07, 6.45) is 5.92. The number of nitrogens with one attached hydrogen (secondary N) is 1. The Morgan fingerprint density at radius 2 is 1.93 bits per heavy atom. The lowest BCUT2D eigenvalue weighted by molar-refractivity contribution is -0.110. The summed E-state index contributed by atoms with van der Waals surface area (Å²) in [5.74, 6) is -0.515. The molecule has 0 heterocycles.